The summed E-state index contributed by atoms with van der Waals surface area (Å²) < 4.78 is 10.5. The third-order valence-electron chi connectivity index (χ3n) is 3.78. The zero-order chi connectivity index (χ0) is 19.6. The second-order valence-electron chi connectivity index (χ2n) is 5.62. The lowest BCUT2D eigenvalue weighted by Crippen LogP contribution is -2.21. The van der Waals surface area contributed by atoms with E-state index < -0.39 is 23.4 Å². The van der Waals surface area contributed by atoms with Crippen molar-refractivity contribution in [2.45, 2.75) is 6.92 Å². The number of hydrogen-bond acceptors (Lipinski definition) is 6. The second-order valence-corrected chi connectivity index (χ2v) is 6.06. The van der Waals surface area contributed by atoms with Gasteiger partial charge in [-0.15, -0.1) is 0 Å². The molecule has 0 saturated carbocycles. The molecule has 3 rings (SSSR count). The number of carbonyl (C=O) groups excluding carboxylic acids is 2. The normalized spacial score (nSPS) is 10.6. The molecule has 0 bridgehead atoms. The number of fused-ring (bicyclic) bond motifs is 1. The number of carbonyl (C=O) groups is 2. The predicted molar refractivity (Wildman–Crippen MR) is 98.0 cm³/mol. The zero-order valence-corrected chi connectivity index (χ0v) is 14.8. The number of nitro groups is 1. The molecule has 9 heteroatoms. The van der Waals surface area contributed by atoms with Gasteiger partial charge in [0.15, 0.2) is 6.61 Å². The molecule has 0 aliphatic heterocycles. The van der Waals surface area contributed by atoms with Gasteiger partial charge in [-0.25, -0.2) is 4.79 Å². The molecule has 2 aromatic carbocycles. The van der Waals surface area contributed by atoms with Crippen molar-refractivity contribution in [3.63, 3.8) is 0 Å². The third-order valence-corrected chi connectivity index (χ3v) is 4.01. The highest BCUT2D eigenvalue weighted by molar-refractivity contribution is 6.31. The SMILES string of the molecule is Cc1c(C(=O)OCC(=O)Nc2ccc([N+](=O)[O-])cc2)oc2ccc(Cl)cc12. The first kappa shape index (κ1) is 18.4. The molecule has 1 amide bonds. The topological polar surface area (TPSA) is 112 Å². The Morgan fingerprint density at radius 1 is 1.22 bits per heavy atom. The fourth-order valence-corrected chi connectivity index (χ4v) is 2.62. The molecule has 0 aliphatic carbocycles. The van der Waals surface area contributed by atoms with Crippen LogP contribution in [0.15, 0.2) is 46.9 Å². The van der Waals surface area contributed by atoms with E-state index in [4.69, 9.17) is 20.8 Å². The van der Waals surface area contributed by atoms with E-state index in [0.717, 1.165) is 0 Å². The number of non-ortho nitro benzene ring substituents is 1. The van der Waals surface area contributed by atoms with E-state index in [-0.39, 0.29) is 11.4 Å². The molecule has 1 heterocycles. The fraction of sp³-hybridized carbons (Fsp3) is 0.111. The number of ether oxygens (including phenoxy) is 1. The fourth-order valence-electron chi connectivity index (χ4n) is 2.45. The number of nitrogens with one attached hydrogen (secondary N) is 1. The molecular weight excluding hydrogens is 376 g/mol. The molecule has 0 unspecified atom stereocenters. The highest BCUT2D eigenvalue weighted by atomic mass is 35.5. The minimum Gasteiger partial charge on any atom is -0.450 e. The molecule has 1 N–H and O–H groups in total. The highest BCUT2D eigenvalue weighted by Crippen LogP contribution is 2.28. The third kappa shape index (κ3) is 4.06. The van der Waals surface area contributed by atoms with Crippen LogP contribution in [0.2, 0.25) is 5.02 Å². The number of aryl methyl sites for hydroxylation is 1. The van der Waals surface area contributed by atoms with Gasteiger partial charge in [0.05, 0.1) is 4.92 Å². The zero-order valence-electron chi connectivity index (χ0n) is 14.0. The van der Waals surface area contributed by atoms with Crippen LogP contribution in [0.1, 0.15) is 16.1 Å². The maximum atomic E-state index is 12.2. The number of anilines is 1. The molecule has 0 saturated heterocycles. The second kappa shape index (κ2) is 7.46. The Hall–Kier alpha value is -3.39. The molecule has 0 fully saturated rings. The smallest absolute Gasteiger partial charge is 0.375 e. The first-order valence-electron chi connectivity index (χ1n) is 7.75. The van der Waals surface area contributed by atoms with Crippen LogP contribution >= 0.6 is 11.6 Å². The van der Waals surface area contributed by atoms with Crippen molar-refractivity contribution >= 4 is 45.8 Å². The van der Waals surface area contributed by atoms with Crippen LogP contribution in [0, 0.1) is 17.0 Å². The largest absolute Gasteiger partial charge is 0.450 e. The molecule has 3 aromatic rings. The molecule has 0 atom stereocenters. The molecule has 8 nitrogen and oxygen atoms in total. The van der Waals surface area contributed by atoms with Crippen LogP contribution in [-0.2, 0) is 9.53 Å². The average Bonchev–Trinajstić information content (AvgIpc) is 2.96. The molecule has 0 radical (unpaired) electrons. The molecule has 0 aliphatic rings. The number of benzene rings is 2. The predicted octanol–water partition coefficient (Wildman–Crippen LogP) is 4.10. The lowest BCUT2D eigenvalue weighted by molar-refractivity contribution is -0.384. The summed E-state index contributed by atoms with van der Waals surface area (Å²) in [6, 6.07) is 10.2. The summed E-state index contributed by atoms with van der Waals surface area (Å²) in [6.45, 7) is 1.16. The minimum absolute atomic E-state index is 0.00426. The Kier molecular flexibility index (Phi) is 5.09. The van der Waals surface area contributed by atoms with Crippen molar-refractivity contribution in [1.82, 2.24) is 0 Å². The summed E-state index contributed by atoms with van der Waals surface area (Å²) >= 11 is 5.94. The summed E-state index contributed by atoms with van der Waals surface area (Å²) in [5.41, 5.74) is 1.29. The number of furan rings is 1. The van der Waals surface area contributed by atoms with Crippen molar-refractivity contribution in [2.24, 2.45) is 0 Å². The number of halogens is 1. The van der Waals surface area contributed by atoms with Crippen LogP contribution in [0.4, 0.5) is 11.4 Å². The Morgan fingerprint density at radius 3 is 2.59 bits per heavy atom. The van der Waals surface area contributed by atoms with Crippen LogP contribution in [0.5, 0.6) is 0 Å². The molecule has 27 heavy (non-hydrogen) atoms. The van der Waals surface area contributed by atoms with Gasteiger partial charge >= 0.3 is 5.97 Å². The quantitative estimate of drug-likeness (QED) is 0.400. The number of amides is 1. The van der Waals surface area contributed by atoms with E-state index in [1.54, 1.807) is 25.1 Å². The van der Waals surface area contributed by atoms with Gasteiger partial charge in [0.25, 0.3) is 11.6 Å². The molecular formula is C18H13ClN2O6. The minimum atomic E-state index is -0.779. The standard InChI is InChI=1S/C18H13ClN2O6/c1-10-14-8-11(19)2-7-15(14)27-17(10)18(23)26-9-16(22)20-12-3-5-13(6-4-12)21(24)25/h2-8H,9H2,1H3,(H,20,22). The van der Waals surface area contributed by atoms with Crippen molar-refractivity contribution in [1.29, 1.82) is 0 Å². The van der Waals surface area contributed by atoms with E-state index in [0.29, 0.717) is 27.2 Å². The average molecular weight is 389 g/mol. The maximum Gasteiger partial charge on any atom is 0.375 e. The van der Waals surface area contributed by atoms with Gasteiger partial charge in [0.1, 0.15) is 5.58 Å². The number of nitro benzene ring substituents is 1. The van der Waals surface area contributed by atoms with E-state index in [1.807, 2.05) is 0 Å². The van der Waals surface area contributed by atoms with Crippen LogP contribution in [0.25, 0.3) is 11.0 Å². The Bertz CT molecular complexity index is 1040. The number of rotatable bonds is 5. The molecule has 1 aromatic heterocycles. The van der Waals surface area contributed by atoms with E-state index in [2.05, 4.69) is 5.32 Å². The van der Waals surface area contributed by atoms with Gasteiger partial charge in [-0.3, -0.25) is 14.9 Å². The van der Waals surface area contributed by atoms with E-state index in [9.17, 15) is 19.7 Å². The van der Waals surface area contributed by atoms with Crippen molar-refractivity contribution in [3.8, 4) is 0 Å². The highest BCUT2D eigenvalue weighted by Gasteiger charge is 2.20. The number of nitrogens with zero attached hydrogens (tertiary/aromatic N) is 1. The monoisotopic (exact) mass is 388 g/mol. The lowest BCUT2D eigenvalue weighted by Gasteiger charge is -2.06. The first-order valence-corrected chi connectivity index (χ1v) is 8.13. The van der Waals surface area contributed by atoms with Gasteiger partial charge in [-0.2, -0.15) is 0 Å². The lowest BCUT2D eigenvalue weighted by atomic mass is 10.1. The summed E-state index contributed by atoms with van der Waals surface area (Å²) in [7, 11) is 0. The summed E-state index contributed by atoms with van der Waals surface area (Å²) in [5, 5.41) is 14.3. The number of hydrogen-bond donors (Lipinski definition) is 1. The van der Waals surface area contributed by atoms with Crippen LogP contribution in [0.3, 0.4) is 0 Å². The Labute approximate surface area is 157 Å². The first-order chi connectivity index (χ1) is 12.8. The van der Waals surface area contributed by atoms with Crippen molar-refractivity contribution < 1.29 is 23.7 Å². The van der Waals surface area contributed by atoms with E-state index in [1.165, 1.54) is 24.3 Å². The number of esters is 1. The van der Waals surface area contributed by atoms with Crippen molar-refractivity contribution in [2.75, 3.05) is 11.9 Å². The summed E-state index contributed by atoms with van der Waals surface area (Å²) in [5.74, 6) is -1.37. The molecule has 138 valence electrons. The summed E-state index contributed by atoms with van der Waals surface area (Å²) in [4.78, 5) is 34.1. The van der Waals surface area contributed by atoms with Gasteiger partial charge in [-0.1, -0.05) is 11.6 Å². The Balaban J connectivity index is 1.62. The van der Waals surface area contributed by atoms with Gasteiger partial charge in [0, 0.05) is 33.8 Å². The van der Waals surface area contributed by atoms with E-state index >= 15 is 0 Å². The van der Waals surface area contributed by atoms with Crippen LogP contribution in [-0.4, -0.2) is 23.4 Å². The summed E-state index contributed by atoms with van der Waals surface area (Å²) in [6.07, 6.45) is 0. The molecule has 0 spiro atoms. The van der Waals surface area contributed by atoms with Gasteiger partial charge < -0.3 is 14.5 Å². The Morgan fingerprint density at radius 2 is 1.93 bits per heavy atom. The van der Waals surface area contributed by atoms with Crippen molar-refractivity contribution in [3.05, 3.63) is 68.9 Å². The maximum absolute atomic E-state index is 12.2. The van der Waals surface area contributed by atoms with Gasteiger partial charge in [-0.05, 0) is 37.3 Å². The van der Waals surface area contributed by atoms with Gasteiger partial charge in [0.2, 0.25) is 5.76 Å². The van der Waals surface area contributed by atoms with Crippen LogP contribution < -0.4 is 5.32 Å².